The maximum absolute atomic E-state index is 12.3. The zero-order chi connectivity index (χ0) is 20.5. The minimum absolute atomic E-state index is 0.211. The van der Waals surface area contributed by atoms with Crippen molar-refractivity contribution in [1.82, 2.24) is 5.32 Å². The van der Waals surface area contributed by atoms with E-state index in [0.717, 1.165) is 16.8 Å². The van der Waals surface area contributed by atoms with Crippen LogP contribution in [-0.2, 0) is 4.79 Å². The third-order valence-electron chi connectivity index (χ3n) is 4.21. The van der Waals surface area contributed by atoms with E-state index in [1.54, 1.807) is 30.3 Å². The molecule has 29 heavy (non-hydrogen) atoms. The molecule has 4 nitrogen and oxygen atoms in total. The van der Waals surface area contributed by atoms with E-state index in [0.29, 0.717) is 37.2 Å². The lowest BCUT2D eigenvalue weighted by Crippen LogP contribution is -2.19. The van der Waals surface area contributed by atoms with E-state index in [1.807, 2.05) is 32.0 Å². The zero-order valence-electron chi connectivity index (χ0n) is 15.6. The molecule has 1 aliphatic heterocycles. The van der Waals surface area contributed by atoms with Crippen LogP contribution in [0.3, 0.4) is 0 Å². The molecular weight excluding hydrogens is 427 g/mol. The van der Waals surface area contributed by atoms with E-state index in [4.69, 9.17) is 27.6 Å². The average molecular weight is 443 g/mol. The molecule has 2 heterocycles. The summed E-state index contributed by atoms with van der Waals surface area (Å²) in [5, 5.41) is 4.22. The molecule has 2 aromatic carbocycles. The first kappa shape index (κ1) is 19.8. The van der Waals surface area contributed by atoms with Gasteiger partial charge in [-0.1, -0.05) is 35.3 Å². The molecule has 0 radical (unpaired) electrons. The lowest BCUT2D eigenvalue weighted by molar-refractivity contribution is -0.115. The number of nitrogens with zero attached hydrogens (tertiary/aromatic N) is 1. The molecule has 1 saturated heterocycles. The second kappa shape index (κ2) is 8.11. The number of nitrogens with one attached hydrogen (secondary N) is 1. The third-order valence-corrected chi connectivity index (χ3v) is 5.93. The van der Waals surface area contributed by atoms with Crippen molar-refractivity contribution in [3.05, 3.63) is 80.4 Å². The Balaban J connectivity index is 1.58. The highest BCUT2D eigenvalue weighted by Crippen LogP contribution is 2.35. The first-order valence-electron chi connectivity index (χ1n) is 8.81. The van der Waals surface area contributed by atoms with Gasteiger partial charge in [-0.15, -0.1) is 0 Å². The van der Waals surface area contributed by atoms with Crippen LogP contribution in [0.4, 0.5) is 5.69 Å². The molecular formula is C22H16Cl2N2O2S. The second-order valence-electron chi connectivity index (χ2n) is 6.63. The Bertz CT molecular complexity index is 1160. The monoisotopic (exact) mass is 442 g/mol. The first-order valence-corrected chi connectivity index (χ1v) is 10.4. The van der Waals surface area contributed by atoms with E-state index >= 15 is 0 Å². The van der Waals surface area contributed by atoms with Crippen LogP contribution in [0.25, 0.3) is 17.4 Å². The van der Waals surface area contributed by atoms with E-state index in [1.165, 1.54) is 11.8 Å². The summed E-state index contributed by atoms with van der Waals surface area (Å²) < 4.78 is 5.85. The van der Waals surface area contributed by atoms with Crippen LogP contribution in [-0.4, -0.2) is 11.1 Å². The van der Waals surface area contributed by atoms with E-state index in [9.17, 15) is 4.79 Å². The van der Waals surface area contributed by atoms with Gasteiger partial charge >= 0.3 is 0 Å². The Kier molecular flexibility index (Phi) is 5.54. The number of carbonyl (C=O) groups is 1. The highest BCUT2D eigenvalue weighted by Gasteiger charge is 2.24. The van der Waals surface area contributed by atoms with Gasteiger partial charge in [-0.2, -0.15) is 0 Å². The summed E-state index contributed by atoms with van der Waals surface area (Å²) in [6.45, 7) is 4.03. The van der Waals surface area contributed by atoms with Gasteiger partial charge in [0.15, 0.2) is 5.17 Å². The number of furan rings is 1. The highest BCUT2D eigenvalue weighted by atomic mass is 35.5. The maximum atomic E-state index is 12.3. The minimum atomic E-state index is -0.211. The van der Waals surface area contributed by atoms with Crippen molar-refractivity contribution in [3.63, 3.8) is 0 Å². The number of halogens is 2. The molecule has 4 rings (SSSR count). The normalized spacial score (nSPS) is 16.6. The molecule has 0 aliphatic carbocycles. The average Bonchev–Trinajstić information content (AvgIpc) is 3.24. The number of benzene rings is 2. The number of hydrogen-bond donors (Lipinski definition) is 1. The molecule has 0 unspecified atom stereocenters. The first-order chi connectivity index (χ1) is 13.9. The van der Waals surface area contributed by atoms with Crippen molar-refractivity contribution >= 4 is 57.8 Å². The molecule has 1 N–H and O–H groups in total. The van der Waals surface area contributed by atoms with Crippen molar-refractivity contribution < 1.29 is 9.21 Å². The number of aryl methyl sites for hydroxylation is 2. The molecule has 0 saturated carbocycles. The van der Waals surface area contributed by atoms with E-state index in [-0.39, 0.29) is 5.91 Å². The maximum Gasteiger partial charge on any atom is 0.264 e. The van der Waals surface area contributed by atoms with Crippen LogP contribution < -0.4 is 5.32 Å². The lowest BCUT2D eigenvalue weighted by atomic mass is 10.1. The molecule has 1 fully saturated rings. The molecule has 146 valence electrons. The molecule has 0 bridgehead atoms. The molecule has 0 atom stereocenters. The number of amides is 1. The van der Waals surface area contributed by atoms with Gasteiger partial charge in [0.25, 0.3) is 5.91 Å². The van der Waals surface area contributed by atoms with Crippen molar-refractivity contribution in [3.8, 4) is 11.3 Å². The Labute approximate surface area is 182 Å². The molecule has 1 amide bonds. The van der Waals surface area contributed by atoms with Gasteiger partial charge in [-0.25, -0.2) is 4.99 Å². The highest BCUT2D eigenvalue weighted by molar-refractivity contribution is 8.18. The van der Waals surface area contributed by atoms with Crippen LogP contribution in [0.15, 0.2) is 62.8 Å². The van der Waals surface area contributed by atoms with Gasteiger partial charge in [-0.05, 0) is 73.1 Å². The van der Waals surface area contributed by atoms with Gasteiger partial charge in [0.05, 0.1) is 20.6 Å². The van der Waals surface area contributed by atoms with Gasteiger partial charge < -0.3 is 9.73 Å². The van der Waals surface area contributed by atoms with Gasteiger partial charge in [0.1, 0.15) is 11.5 Å². The van der Waals surface area contributed by atoms with Gasteiger partial charge in [-0.3, -0.25) is 4.79 Å². The van der Waals surface area contributed by atoms with Crippen LogP contribution >= 0.6 is 35.0 Å². The SMILES string of the molecule is Cc1cc(C)cc(N=C2NC(=O)C(=Cc3ccc(-c4cccc(Cl)c4Cl)o3)S2)c1. The topological polar surface area (TPSA) is 54.6 Å². The fourth-order valence-electron chi connectivity index (χ4n) is 3.01. The molecule has 1 aromatic heterocycles. The fraction of sp³-hybridized carbons (Fsp3) is 0.0909. The zero-order valence-corrected chi connectivity index (χ0v) is 18.0. The smallest absolute Gasteiger partial charge is 0.264 e. The molecule has 1 aliphatic rings. The second-order valence-corrected chi connectivity index (χ2v) is 8.45. The number of rotatable bonds is 3. The van der Waals surface area contributed by atoms with Crippen LogP contribution in [0.2, 0.25) is 10.0 Å². The van der Waals surface area contributed by atoms with Gasteiger partial charge in [0.2, 0.25) is 0 Å². The van der Waals surface area contributed by atoms with Crippen molar-refractivity contribution in [2.75, 3.05) is 0 Å². The molecule has 0 spiro atoms. The molecule has 7 heteroatoms. The lowest BCUT2D eigenvalue weighted by Gasteiger charge is -2.02. The summed E-state index contributed by atoms with van der Waals surface area (Å²) in [5.41, 5.74) is 3.75. The predicted octanol–water partition coefficient (Wildman–Crippen LogP) is 6.76. The van der Waals surface area contributed by atoms with Crippen LogP contribution in [0.1, 0.15) is 16.9 Å². The van der Waals surface area contributed by atoms with Crippen molar-refractivity contribution in [2.24, 2.45) is 4.99 Å². The van der Waals surface area contributed by atoms with Crippen LogP contribution in [0.5, 0.6) is 0 Å². The Morgan fingerprint density at radius 1 is 1.07 bits per heavy atom. The Morgan fingerprint density at radius 3 is 2.59 bits per heavy atom. The minimum Gasteiger partial charge on any atom is -0.457 e. The standard InChI is InChI=1S/C22H16Cl2N2O2S/c1-12-8-13(2)10-14(9-12)25-22-26-21(27)19(29-22)11-15-6-7-18(28-15)16-4-3-5-17(23)20(16)24/h3-11H,1-2H3,(H,25,26,27). The van der Waals surface area contributed by atoms with Crippen molar-refractivity contribution in [1.29, 1.82) is 0 Å². The summed E-state index contributed by atoms with van der Waals surface area (Å²) in [4.78, 5) is 17.4. The summed E-state index contributed by atoms with van der Waals surface area (Å²) in [6, 6.07) is 15.0. The summed E-state index contributed by atoms with van der Waals surface area (Å²) in [5.74, 6) is 0.912. The van der Waals surface area contributed by atoms with E-state index < -0.39 is 0 Å². The predicted molar refractivity (Wildman–Crippen MR) is 121 cm³/mol. The van der Waals surface area contributed by atoms with Crippen molar-refractivity contribution in [2.45, 2.75) is 13.8 Å². The number of hydrogen-bond acceptors (Lipinski definition) is 4. The number of aliphatic imine (C=N–C) groups is 1. The summed E-state index contributed by atoms with van der Waals surface area (Å²) in [6.07, 6.45) is 1.69. The van der Waals surface area contributed by atoms with Gasteiger partial charge in [0, 0.05) is 11.6 Å². The van der Waals surface area contributed by atoms with E-state index in [2.05, 4.69) is 16.4 Å². The Hall–Kier alpha value is -2.47. The number of thioether (sulfide) groups is 1. The quantitative estimate of drug-likeness (QED) is 0.455. The molecule has 3 aromatic rings. The third kappa shape index (κ3) is 4.42. The summed E-state index contributed by atoms with van der Waals surface area (Å²) in [7, 11) is 0. The largest absolute Gasteiger partial charge is 0.457 e. The van der Waals surface area contributed by atoms with Crippen LogP contribution in [0, 0.1) is 13.8 Å². The fourth-order valence-corrected chi connectivity index (χ4v) is 4.23. The number of amidine groups is 1. The Morgan fingerprint density at radius 2 is 1.83 bits per heavy atom. The number of carbonyl (C=O) groups excluding carboxylic acids is 1. The summed E-state index contributed by atoms with van der Waals surface area (Å²) >= 11 is 13.6.